The molecule has 1 rings (SSSR count). The summed E-state index contributed by atoms with van der Waals surface area (Å²) in [5.74, 6) is 0.398. The van der Waals surface area contributed by atoms with E-state index in [0.717, 1.165) is 18.0 Å². The van der Waals surface area contributed by atoms with E-state index in [9.17, 15) is 0 Å². The van der Waals surface area contributed by atoms with Gasteiger partial charge in [-0.1, -0.05) is 23.8 Å². The fourth-order valence-corrected chi connectivity index (χ4v) is 1.57. The van der Waals surface area contributed by atoms with Crippen molar-refractivity contribution in [2.45, 2.75) is 20.8 Å². The molecule has 0 spiro atoms. The van der Waals surface area contributed by atoms with Crippen molar-refractivity contribution in [3.63, 3.8) is 0 Å². The number of aliphatic imine (C=N–C) groups is 1. The zero-order chi connectivity index (χ0) is 11.3. The Morgan fingerprint density at radius 2 is 2.27 bits per heavy atom. The van der Waals surface area contributed by atoms with Gasteiger partial charge in [-0.15, -0.1) is 0 Å². The van der Waals surface area contributed by atoms with E-state index in [1.807, 2.05) is 27.0 Å². The van der Waals surface area contributed by atoms with Crippen LogP contribution in [0.3, 0.4) is 0 Å². The van der Waals surface area contributed by atoms with Crippen molar-refractivity contribution < 1.29 is 0 Å². The first-order chi connectivity index (χ1) is 7.17. The van der Waals surface area contributed by atoms with Gasteiger partial charge in [0.2, 0.25) is 0 Å². The van der Waals surface area contributed by atoms with Gasteiger partial charge in [0.05, 0.1) is 0 Å². The number of hydrogen-bond acceptors (Lipinski definition) is 2. The van der Waals surface area contributed by atoms with Gasteiger partial charge >= 0.3 is 0 Å². The van der Waals surface area contributed by atoms with E-state index in [1.165, 1.54) is 5.57 Å². The summed E-state index contributed by atoms with van der Waals surface area (Å²) in [5, 5.41) is 3.20. The first kappa shape index (κ1) is 11.9. The van der Waals surface area contributed by atoms with Crippen molar-refractivity contribution in [2.24, 2.45) is 10.9 Å². The van der Waals surface area contributed by atoms with Crippen molar-refractivity contribution in [3.05, 3.63) is 35.6 Å². The lowest BCUT2D eigenvalue weighted by Gasteiger charge is -2.17. The van der Waals surface area contributed by atoms with Crippen LogP contribution in [0.15, 0.2) is 40.6 Å². The Morgan fingerprint density at radius 3 is 2.87 bits per heavy atom. The number of allylic oxidation sites excluding steroid dienone is 5. The van der Waals surface area contributed by atoms with Gasteiger partial charge in [0.1, 0.15) is 0 Å². The van der Waals surface area contributed by atoms with E-state index in [2.05, 4.69) is 35.5 Å². The minimum Gasteiger partial charge on any atom is -0.319 e. The first-order valence-electron chi connectivity index (χ1n) is 5.40. The molecule has 2 nitrogen and oxygen atoms in total. The van der Waals surface area contributed by atoms with Gasteiger partial charge in [-0.3, -0.25) is 4.99 Å². The maximum atomic E-state index is 4.60. The summed E-state index contributed by atoms with van der Waals surface area (Å²) in [4.78, 5) is 4.60. The fraction of sp³-hybridized carbons (Fsp3) is 0.462. The Hall–Kier alpha value is -1.15. The Morgan fingerprint density at radius 1 is 1.53 bits per heavy atom. The highest BCUT2D eigenvalue weighted by Crippen LogP contribution is 2.15. The van der Waals surface area contributed by atoms with Crippen molar-refractivity contribution in [2.75, 3.05) is 13.6 Å². The van der Waals surface area contributed by atoms with Crippen molar-refractivity contribution >= 4 is 5.71 Å². The predicted molar refractivity (Wildman–Crippen MR) is 67.2 cm³/mol. The molecular weight excluding hydrogens is 184 g/mol. The summed E-state index contributed by atoms with van der Waals surface area (Å²) in [7, 11) is 1.97. The number of hydrogen-bond donors (Lipinski definition) is 1. The summed E-state index contributed by atoms with van der Waals surface area (Å²) in [6.07, 6.45) is 8.53. The molecule has 1 unspecified atom stereocenters. The Labute approximate surface area is 92.5 Å². The summed E-state index contributed by atoms with van der Waals surface area (Å²) in [6, 6.07) is 0. The van der Waals surface area contributed by atoms with Crippen LogP contribution in [-0.2, 0) is 0 Å². The predicted octanol–water partition coefficient (Wildman–Crippen LogP) is 2.70. The van der Waals surface area contributed by atoms with Crippen molar-refractivity contribution in [3.8, 4) is 0 Å². The summed E-state index contributed by atoms with van der Waals surface area (Å²) < 4.78 is 0. The fourth-order valence-electron chi connectivity index (χ4n) is 1.57. The first-order valence-corrected chi connectivity index (χ1v) is 5.40. The molecule has 1 aliphatic carbocycles. The van der Waals surface area contributed by atoms with Gasteiger partial charge < -0.3 is 5.32 Å². The van der Waals surface area contributed by atoms with Crippen LogP contribution in [-0.4, -0.2) is 19.3 Å². The molecule has 0 aromatic rings. The minimum absolute atomic E-state index is 0.398. The summed E-state index contributed by atoms with van der Waals surface area (Å²) in [5.41, 5.74) is 3.53. The van der Waals surface area contributed by atoms with Gasteiger partial charge in [0, 0.05) is 23.9 Å². The quantitative estimate of drug-likeness (QED) is 0.751. The van der Waals surface area contributed by atoms with Crippen LogP contribution in [0.25, 0.3) is 0 Å². The largest absolute Gasteiger partial charge is 0.319 e. The molecule has 0 amide bonds. The standard InChI is InChI=1S/C13H20N2/c1-5-11(3)15-13-7-6-10(2)8-12(13)9-14-4/h5-8,12,14H,9H2,1-4H3/b11-5-,15-13?. The van der Waals surface area contributed by atoms with Crippen LogP contribution >= 0.6 is 0 Å². The molecule has 1 atom stereocenters. The lowest BCUT2D eigenvalue weighted by atomic mass is 9.94. The second kappa shape index (κ2) is 5.66. The third kappa shape index (κ3) is 3.48. The normalized spacial score (nSPS) is 24.5. The van der Waals surface area contributed by atoms with Gasteiger partial charge in [0.15, 0.2) is 0 Å². The van der Waals surface area contributed by atoms with Crippen LogP contribution in [0.4, 0.5) is 0 Å². The van der Waals surface area contributed by atoms with Crippen LogP contribution in [0.2, 0.25) is 0 Å². The lowest BCUT2D eigenvalue weighted by molar-refractivity contribution is 0.725. The Balaban J connectivity index is 2.89. The molecule has 2 heteroatoms. The van der Waals surface area contributed by atoms with E-state index in [4.69, 9.17) is 0 Å². The van der Waals surface area contributed by atoms with Crippen LogP contribution in [0.1, 0.15) is 20.8 Å². The molecule has 0 aromatic carbocycles. The van der Waals surface area contributed by atoms with Crippen molar-refractivity contribution in [1.29, 1.82) is 0 Å². The van der Waals surface area contributed by atoms with E-state index in [1.54, 1.807) is 0 Å². The topological polar surface area (TPSA) is 24.4 Å². The van der Waals surface area contributed by atoms with E-state index < -0.39 is 0 Å². The molecule has 1 N–H and O–H groups in total. The number of nitrogens with one attached hydrogen (secondary N) is 1. The third-order valence-electron chi connectivity index (χ3n) is 2.51. The zero-order valence-electron chi connectivity index (χ0n) is 10.0. The van der Waals surface area contributed by atoms with E-state index in [-0.39, 0.29) is 0 Å². The molecule has 0 saturated carbocycles. The molecular formula is C13H20N2. The second-order valence-electron chi connectivity index (χ2n) is 3.87. The zero-order valence-corrected chi connectivity index (χ0v) is 10.0. The third-order valence-corrected chi connectivity index (χ3v) is 2.51. The van der Waals surface area contributed by atoms with Gasteiger partial charge in [-0.25, -0.2) is 0 Å². The number of rotatable bonds is 3. The molecule has 0 fully saturated rings. The Bertz CT molecular complexity index is 332. The van der Waals surface area contributed by atoms with Gasteiger partial charge in [0.25, 0.3) is 0 Å². The average Bonchev–Trinajstić information content (AvgIpc) is 2.22. The summed E-state index contributed by atoms with van der Waals surface area (Å²) >= 11 is 0. The average molecular weight is 204 g/mol. The highest BCUT2D eigenvalue weighted by molar-refractivity contribution is 6.00. The SMILES string of the molecule is C/C=C(/C)N=C1C=CC(C)=CC1CNC. The molecule has 0 aromatic heterocycles. The maximum absolute atomic E-state index is 4.60. The van der Waals surface area contributed by atoms with Crippen LogP contribution in [0.5, 0.6) is 0 Å². The molecule has 0 heterocycles. The molecule has 15 heavy (non-hydrogen) atoms. The molecule has 82 valence electrons. The van der Waals surface area contributed by atoms with Gasteiger partial charge in [-0.2, -0.15) is 0 Å². The minimum atomic E-state index is 0.398. The molecule has 0 saturated heterocycles. The highest BCUT2D eigenvalue weighted by Gasteiger charge is 2.13. The molecule has 0 aliphatic heterocycles. The molecule has 0 radical (unpaired) electrons. The van der Waals surface area contributed by atoms with E-state index >= 15 is 0 Å². The highest BCUT2D eigenvalue weighted by atomic mass is 14.8. The lowest BCUT2D eigenvalue weighted by Crippen LogP contribution is -2.25. The summed E-state index contributed by atoms with van der Waals surface area (Å²) in [6.45, 7) is 7.11. The molecule has 1 aliphatic rings. The maximum Gasteiger partial charge on any atom is 0.0488 e. The van der Waals surface area contributed by atoms with Crippen LogP contribution < -0.4 is 5.32 Å². The number of nitrogens with zero attached hydrogens (tertiary/aromatic N) is 1. The second-order valence-corrected chi connectivity index (χ2v) is 3.87. The van der Waals surface area contributed by atoms with Crippen molar-refractivity contribution in [1.82, 2.24) is 5.32 Å². The smallest absolute Gasteiger partial charge is 0.0488 e. The van der Waals surface area contributed by atoms with Crippen LogP contribution in [0, 0.1) is 5.92 Å². The van der Waals surface area contributed by atoms with Gasteiger partial charge in [-0.05, 0) is 33.9 Å². The van der Waals surface area contributed by atoms with E-state index in [0.29, 0.717) is 5.92 Å². The Kier molecular flexibility index (Phi) is 4.50. The monoisotopic (exact) mass is 204 g/mol. The molecule has 0 bridgehead atoms.